The number of rotatable bonds is 1. The predicted molar refractivity (Wildman–Crippen MR) is 52.1 cm³/mol. The molecule has 2 rings (SSSR count). The van der Waals surface area contributed by atoms with Crippen LogP contribution in [0.5, 0.6) is 0 Å². The Morgan fingerprint density at radius 2 is 2.62 bits per heavy atom. The molecule has 5 heteroatoms. The van der Waals surface area contributed by atoms with Crippen molar-refractivity contribution in [2.75, 3.05) is 13.2 Å². The Morgan fingerprint density at radius 3 is 3.38 bits per heavy atom. The fourth-order valence-electron chi connectivity index (χ4n) is 1.48. The second-order valence-electron chi connectivity index (χ2n) is 3.25. The van der Waals surface area contributed by atoms with Gasteiger partial charge in [0.2, 0.25) is 0 Å². The van der Waals surface area contributed by atoms with Crippen molar-refractivity contribution in [3.8, 4) is 0 Å². The fraction of sp³-hybridized carbons (Fsp3) is 0.625. The summed E-state index contributed by atoms with van der Waals surface area (Å²) in [4.78, 5) is 4.17. The van der Waals surface area contributed by atoms with Crippen LogP contribution in [-0.2, 0) is 17.9 Å². The number of halogens is 1. The summed E-state index contributed by atoms with van der Waals surface area (Å²) in [6.07, 6.45) is 1.83. The molecule has 0 amide bonds. The number of hydrogen-bond donors (Lipinski definition) is 1. The molecule has 0 saturated carbocycles. The highest BCUT2D eigenvalue weighted by Gasteiger charge is 2.17. The summed E-state index contributed by atoms with van der Waals surface area (Å²) in [5, 5.41) is 0. The molecule has 2 N–H and O–H groups in total. The van der Waals surface area contributed by atoms with Gasteiger partial charge in [0.15, 0.2) is 0 Å². The van der Waals surface area contributed by atoms with E-state index in [0.717, 1.165) is 23.4 Å². The number of hydrogen-bond acceptors (Lipinski definition) is 3. The first kappa shape index (κ1) is 9.18. The van der Waals surface area contributed by atoms with Crippen molar-refractivity contribution >= 4 is 15.9 Å². The van der Waals surface area contributed by atoms with Crippen LogP contribution >= 0.6 is 15.9 Å². The van der Waals surface area contributed by atoms with E-state index >= 15 is 0 Å². The molecule has 0 saturated heterocycles. The molecule has 0 bridgehead atoms. The SMILES string of the molecule is NCC1COCc2c(Br)ncn2C1. The van der Waals surface area contributed by atoms with Gasteiger partial charge in [0.25, 0.3) is 0 Å². The molecule has 72 valence electrons. The number of nitrogens with two attached hydrogens (primary N) is 1. The summed E-state index contributed by atoms with van der Waals surface area (Å²) in [6, 6.07) is 0. The number of fused-ring (bicyclic) bond motifs is 1. The van der Waals surface area contributed by atoms with E-state index in [-0.39, 0.29) is 0 Å². The van der Waals surface area contributed by atoms with E-state index in [2.05, 4.69) is 25.5 Å². The van der Waals surface area contributed by atoms with Gasteiger partial charge < -0.3 is 15.0 Å². The van der Waals surface area contributed by atoms with Crippen LogP contribution < -0.4 is 5.73 Å². The van der Waals surface area contributed by atoms with Gasteiger partial charge in [0.1, 0.15) is 4.60 Å². The van der Waals surface area contributed by atoms with Crippen LogP contribution in [0.15, 0.2) is 10.9 Å². The first-order valence-corrected chi connectivity index (χ1v) is 5.08. The normalized spacial score (nSPS) is 22.5. The molecule has 1 aromatic heterocycles. The summed E-state index contributed by atoms with van der Waals surface area (Å²) in [5.41, 5.74) is 6.72. The minimum atomic E-state index is 0.405. The van der Waals surface area contributed by atoms with E-state index in [1.807, 2.05) is 6.33 Å². The molecular weight excluding hydrogens is 234 g/mol. The maximum atomic E-state index is 5.61. The van der Waals surface area contributed by atoms with Crippen molar-refractivity contribution in [3.63, 3.8) is 0 Å². The zero-order valence-corrected chi connectivity index (χ0v) is 8.83. The molecule has 0 aliphatic carbocycles. The van der Waals surface area contributed by atoms with Crippen LogP contribution in [-0.4, -0.2) is 22.7 Å². The molecule has 0 aromatic carbocycles. The van der Waals surface area contributed by atoms with Crippen LogP contribution in [0.3, 0.4) is 0 Å². The van der Waals surface area contributed by atoms with Crippen molar-refractivity contribution in [2.45, 2.75) is 13.2 Å². The van der Waals surface area contributed by atoms with E-state index in [1.54, 1.807) is 0 Å². The number of nitrogens with zero attached hydrogens (tertiary/aromatic N) is 2. The van der Waals surface area contributed by atoms with Crippen LogP contribution in [0.25, 0.3) is 0 Å². The number of ether oxygens (including phenoxy) is 1. The Kier molecular flexibility index (Phi) is 2.66. The van der Waals surface area contributed by atoms with Crippen molar-refractivity contribution < 1.29 is 4.74 Å². The molecule has 1 aliphatic rings. The van der Waals surface area contributed by atoms with E-state index in [0.29, 0.717) is 19.1 Å². The van der Waals surface area contributed by atoms with Gasteiger partial charge in [-0.3, -0.25) is 0 Å². The third-order valence-corrected chi connectivity index (χ3v) is 2.94. The first-order valence-electron chi connectivity index (χ1n) is 4.28. The summed E-state index contributed by atoms with van der Waals surface area (Å²) in [6.45, 7) is 2.93. The fourth-order valence-corrected chi connectivity index (χ4v) is 1.91. The molecule has 0 spiro atoms. The largest absolute Gasteiger partial charge is 0.375 e. The Labute approximate surface area is 85.2 Å². The topological polar surface area (TPSA) is 53.1 Å². The van der Waals surface area contributed by atoms with Gasteiger partial charge in [-0.2, -0.15) is 0 Å². The van der Waals surface area contributed by atoms with Crippen LogP contribution in [0.4, 0.5) is 0 Å². The van der Waals surface area contributed by atoms with Gasteiger partial charge in [-0.15, -0.1) is 0 Å². The molecular formula is C8H12BrN3O. The minimum Gasteiger partial charge on any atom is -0.375 e. The second kappa shape index (κ2) is 3.77. The molecule has 0 radical (unpaired) electrons. The molecule has 1 unspecified atom stereocenters. The quantitative estimate of drug-likeness (QED) is 0.795. The van der Waals surface area contributed by atoms with Crippen molar-refractivity contribution in [1.82, 2.24) is 9.55 Å². The molecule has 1 aromatic rings. The van der Waals surface area contributed by atoms with Gasteiger partial charge in [0.05, 0.1) is 25.2 Å². The van der Waals surface area contributed by atoms with Crippen LogP contribution in [0, 0.1) is 5.92 Å². The summed E-state index contributed by atoms with van der Waals surface area (Å²) in [7, 11) is 0. The Bertz CT molecular complexity index is 300. The third-order valence-electron chi connectivity index (χ3n) is 2.28. The average Bonchev–Trinajstić information content (AvgIpc) is 2.41. The van der Waals surface area contributed by atoms with Gasteiger partial charge >= 0.3 is 0 Å². The van der Waals surface area contributed by atoms with Crippen molar-refractivity contribution in [1.29, 1.82) is 0 Å². The number of imidazole rings is 1. The van der Waals surface area contributed by atoms with E-state index in [1.165, 1.54) is 0 Å². The molecule has 1 atom stereocenters. The summed E-state index contributed by atoms with van der Waals surface area (Å²) in [5.74, 6) is 0.405. The first-order chi connectivity index (χ1) is 6.31. The lowest BCUT2D eigenvalue weighted by atomic mass is 10.1. The maximum Gasteiger partial charge on any atom is 0.129 e. The van der Waals surface area contributed by atoms with Gasteiger partial charge in [-0.1, -0.05) is 0 Å². The Morgan fingerprint density at radius 1 is 1.77 bits per heavy atom. The van der Waals surface area contributed by atoms with Crippen molar-refractivity contribution in [3.05, 3.63) is 16.6 Å². The second-order valence-corrected chi connectivity index (χ2v) is 4.00. The number of aromatic nitrogens is 2. The standard InChI is InChI=1S/C8H12BrN3O/c9-8-7-4-13-3-6(1-10)2-12(7)5-11-8/h5-6H,1-4,10H2. The lowest BCUT2D eigenvalue weighted by Gasteiger charge is -2.10. The van der Waals surface area contributed by atoms with Crippen molar-refractivity contribution in [2.24, 2.45) is 11.7 Å². The van der Waals surface area contributed by atoms with Crippen LogP contribution in [0.2, 0.25) is 0 Å². The molecule has 4 nitrogen and oxygen atoms in total. The highest BCUT2D eigenvalue weighted by molar-refractivity contribution is 9.10. The lowest BCUT2D eigenvalue weighted by molar-refractivity contribution is 0.0966. The maximum absolute atomic E-state index is 5.61. The average molecular weight is 246 g/mol. The summed E-state index contributed by atoms with van der Waals surface area (Å²) < 4.78 is 8.48. The van der Waals surface area contributed by atoms with Crippen LogP contribution in [0.1, 0.15) is 5.69 Å². The Hall–Kier alpha value is -0.390. The highest BCUT2D eigenvalue weighted by atomic mass is 79.9. The zero-order valence-electron chi connectivity index (χ0n) is 7.24. The van der Waals surface area contributed by atoms with Gasteiger partial charge in [0, 0.05) is 12.5 Å². The molecule has 13 heavy (non-hydrogen) atoms. The van der Waals surface area contributed by atoms with Gasteiger partial charge in [-0.05, 0) is 22.5 Å². The Balaban J connectivity index is 2.24. The van der Waals surface area contributed by atoms with E-state index in [9.17, 15) is 0 Å². The minimum absolute atomic E-state index is 0.405. The van der Waals surface area contributed by atoms with Gasteiger partial charge in [-0.25, -0.2) is 4.98 Å². The van der Waals surface area contributed by atoms with E-state index in [4.69, 9.17) is 10.5 Å². The third kappa shape index (κ3) is 1.77. The molecule has 0 fully saturated rings. The molecule has 1 aliphatic heterocycles. The lowest BCUT2D eigenvalue weighted by Crippen LogP contribution is -2.22. The van der Waals surface area contributed by atoms with E-state index < -0.39 is 0 Å². The smallest absolute Gasteiger partial charge is 0.129 e. The summed E-state index contributed by atoms with van der Waals surface area (Å²) >= 11 is 3.39. The molecule has 2 heterocycles. The predicted octanol–water partition coefficient (Wildman–Crippen LogP) is 0.751. The monoisotopic (exact) mass is 245 g/mol. The highest BCUT2D eigenvalue weighted by Crippen LogP contribution is 2.20. The zero-order chi connectivity index (χ0) is 9.26.